The number of nitrogen functional groups attached to an aromatic ring is 1. The van der Waals surface area contributed by atoms with Gasteiger partial charge >= 0.3 is 0 Å². The normalized spacial score (nSPS) is 16.0. The van der Waals surface area contributed by atoms with Gasteiger partial charge in [0.2, 0.25) is 0 Å². The predicted octanol–water partition coefficient (Wildman–Crippen LogP) is 3.48. The molecule has 0 bridgehead atoms. The van der Waals surface area contributed by atoms with Crippen molar-refractivity contribution in [2.24, 2.45) is 0 Å². The van der Waals surface area contributed by atoms with Gasteiger partial charge in [0, 0.05) is 48.8 Å². The Hall–Kier alpha value is -2.40. The molecule has 1 saturated heterocycles. The van der Waals surface area contributed by atoms with Gasteiger partial charge in [-0.05, 0) is 48.7 Å². The largest absolute Gasteiger partial charge is 0.398 e. The number of hydrogen-bond donors (Lipinski definition) is 3. The zero-order valence-corrected chi connectivity index (χ0v) is 13.6. The molecule has 1 aliphatic rings. The highest BCUT2D eigenvalue weighted by Gasteiger charge is 2.19. The molecule has 0 spiro atoms. The SMILES string of the molecule is N=Cc1cc(NC2CCN(Cc3ccc(F)cc3)CC2)ccc1N. The molecule has 0 saturated carbocycles. The van der Waals surface area contributed by atoms with E-state index in [9.17, 15) is 4.39 Å². The number of nitrogens with one attached hydrogen (secondary N) is 2. The van der Waals surface area contributed by atoms with Gasteiger partial charge in [-0.2, -0.15) is 0 Å². The molecule has 0 aliphatic carbocycles. The number of anilines is 2. The first-order valence-corrected chi connectivity index (χ1v) is 8.27. The molecule has 3 rings (SSSR count). The Kier molecular flexibility index (Phi) is 5.11. The van der Waals surface area contributed by atoms with E-state index in [0.29, 0.717) is 11.7 Å². The van der Waals surface area contributed by atoms with Crippen LogP contribution in [0.25, 0.3) is 0 Å². The molecule has 4 nitrogen and oxygen atoms in total. The van der Waals surface area contributed by atoms with E-state index in [1.807, 2.05) is 30.3 Å². The van der Waals surface area contributed by atoms with Crippen molar-refractivity contribution >= 4 is 17.6 Å². The van der Waals surface area contributed by atoms with Crippen molar-refractivity contribution in [3.8, 4) is 0 Å². The quantitative estimate of drug-likeness (QED) is 0.582. The first-order chi connectivity index (χ1) is 11.6. The number of benzene rings is 2. The Morgan fingerprint density at radius 1 is 1.17 bits per heavy atom. The van der Waals surface area contributed by atoms with Crippen LogP contribution in [0.2, 0.25) is 0 Å². The number of hydrogen-bond acceptors (Lipinski definition) is 4. The average molecular weight is 326 g/mol. The first-order valence-electron chi connectivity index (χ1n) is 8.27. The summed E-state index contributed by atoms with van der Waals surface area (Å²) in [7, 11) is 0. The van der Waals surface area contributed by atoms with Gasteiger partial charge in [0.05, 0.1) is 0 Å². The van der Waals surface area contributed by atoms with Gasteiger partial charge in [0.25, 0.3) is 0 Å². The number of likely N-dealkylation sites (tertiary alicyclic amines) is 1. The maximum absolute atomic E-state index is 13.0. The summed E-state index contributed by atoms with van der Waals surface area (Å²) in [5.74, 6) is -0.186. The smallest absolute Gasteiger partial charge is 0.123 e. The van der Waals surface area contributed by atoms with E-state index in [4.69, 9.17) is 11.1 Å². The van der Waals surface area contributed by atoms with Gasteiger partial charge in [-0.15, -0.1) is 0 Å². The van der Waals surface area contributed by atoms with Crippen LogP contribution in [0.15, 0.2) is 42.5 Å². The van der Waals surface area contributed by atoms with Gasteiger partial charge < -0.3 is 16.5 Å². The highest BCUT2D eigenvalue weighted by Crippen LogP contribution is 2.21. The van der Waals surface area contributed by atoms with Crippen molar-refractivity contribution in [1.29, 1.82) is 5.41 Å². The van der Waals surface area contributed by atoms with Crippen LogP contribution in [0, 0.1) is 11.2 Å². The number of nitrogens with two attached hydrogens (primary N) is 1. The molecule has 0 aromatic heterocycles. The van der Waals surface area contributed by atoms with Crippen LogP contribution in [0.1, 0.15) is 24.0 Å². The molecule has 0 unspecified atom stereocenters. The fourth-order valence-electron chi connectivity index (χ4n) is 3.11. The van der Waals surface area contributed by atoms with Crippen LogP contribution in [-0.4, -0.2) is 30.2 Å². The maximum atomic E-state index is 13.0. The molecule has 4 N–H and O–H groups in total. The second-order valence-corrected chi connectivity index (χ2v) is 6.31. The van der Waals surface area contributed by atoms with Crippen molar-refractivity contribution in [2.75, 3.05) is 24.1 Å². The van der Waals surface area contributed by atoms with E-state index in [0.717, 1.165) is 49.3 Å². The topological polar surface area (TPSA) is 65.1 Å². The number of nitrogens with zero attached hydrogens (tertiary/aromatic N) is 1. The summed E-state index contributed by atoms with van der Waals surface area (Å²) in [6.45, 7) is 2.90. The molecule has 0 amide bonds. The summed E-state index contributed by atoms with van der Waals surface area (Å²) in [5, 5.41) is 10.9. The van der Waals surface area contributed by atoms with E-state index >= 15 is 0 Å². The van der Waals surface area contributed by atoms with Gasteiger partial charge in [0.1, 0.15) is 5.82 Å². The van der Waals surface area contributed by atoms with Crippen molar-refractivity contribution in [1.82, 2.24) is 4.90 Å². The van der Waals surface area contributed by atoms with Crippen LogP contribution < -0.4 is 11.1 Å². The third-order valence-electron chi connectivity index (χ3n) is 4.52. The lowest BCUT2D eigenvalue weighted by Gasteiger charge is -2.33. The zero-order valence-electron chi connectivity index (χ0n) is 13.6. The molecule has 2 aromatic carbocycles. The summed E-state index contributed by atoms with van der Waals surface area (Å²) >= 11 is 0. The Labute approximate surface area is 142 Å². The highest BCUT2D eigenvalue weighted by molar-refractivity contribution is 5.86. The lowest BCUT2D eigenvalue weighted by molar-refractivity contribution is 0.211. The molecule has 0 radical (unpaired) electrons. The molecule has 0 atom stereocenters. The van der Waals surface area contributed by atoms with Crippen LogP contribution in [-0.2, 0) is 6.54 Å². The van der Waals surface area contributed by atoms with E-state index in [2.05, 4.69) is 10.2 Å². The Morgan fingerprint density at radius 2 is 1.88 bits per heavy atom. The summed E-state index contributed by atoms with van der Waals surface area (Å²) < 4.78 is 13.0. The molecule has 1 aliphatic heterocycles. The maximum Gasteiger partial charge on any atom is 0.123 e. The van der Waals surface area contributed by atoms with Gasteiger partial charge in [-0.3, -0.25) is 4.90 Å². The van der Waals surface area contributed by atoms with Gasteiger partial charge in [0.15, 0.2) is 0 Å². The minimum atomic E-state index is -0.186. The summed E-state index contributed by atoms with van der Waals surface area (Å²) in [6.07, 6.45) is 3.41. The molecule has 24 heavy (non-hydrogen) atoms. The van der Waals surface area contributed by atoms with E-state index in [-0.39, 0.29) is 5.82 Å². The lowest BCUT2D eigenvalue weighted by Crippen LogP contribution is -2.38. The van der Waals surface area contributed by atoms with E-state index in [1.165, 1.54) is 18.3 Å². The van der Waals surface area contributed by atoms with Crippen molar-refractivity contribution in [2.45, 2.75) is 25.4 Å². The Morgan fingerprint density at radius 3 is 2.54 bits per heavy atom. The fourth-order valence-corrected chi connectivity index (χ4v) is 3.11. The predicted molar refractivity (Wildman–Crippen MR) is 97.1 cm³/mol. The average Bonchev–Trinajstić information content (AvgIpc) is 2.60. The molecule has 1 fully saturated rings. The third kappa shape index (κ3) is 4.11. The van der Waals surface area contributed by atoms with Crippen molar-refractivity contribution < 1.29 is 4.39 Å². The lowest BCUT2D eigenvalue weighted by atomic mass is 10.0. The van der Waals surface area contributed by atoms with Crippen LogP contribution >= 0.6 is 0 Å². The van der Waals surface area contributed by atoms with Crippen molar-refractivity contribution in [3.05, 3.63) is 59.4 Å². The highest BCUT2D eigenvalue weighted by atomic mass is 19.1. The molecular weight excluding hydrogens is 303 g/mol. The minimum absolute atomic E-state index is 0.186. The van der Waals surface area contributed by atoms with Gasteiger partial charge in [-0.25, -0.2) is 4.39 Å². The van der Waals surface area contributed by atoms with Crippen LogP contribution in [0.5, 0.6) is 0 Å². The molecule has 5 heteroatoms. The summed E-state index contributed by atoms with van der Waals surface area (Å²) in [4.78, 5) is 2.40. The molecule has 2 aromatic rings. The van der Waals surface area contributed by atoms with Gasteiger partial charge in [-0.1, -0.05) is 12.1 Å². The fraction of sp³-hybridized carbons (Fsp3) is 0.316. The Balaban J connectivity index is 1.51. The second kappa shape index (κ2) is 7.45. The number of piperidine rings is 1. The number of halogens is 1. The third-order valence-corrected chi connectivity index (χ3v) is 4.52. The minimum Gasteiger partial charge on any atom is -0.398 e. The molecular formula is C19H23FN4. The number of rotatable bonds is 5. The summed E-state index contributed by atoms with van der Waals surface area (Å²) in [6, 6.07) is 12.9. The first kappa shape index (κ1) is 16.5. The monoisotopic (exact) mass is 326 g/mol. The van der Waals surface area contributed by atoms with E-state index in [1.54, 1.807) is 0 Å². The van der Waals surface area contributed by atoms with Crippen molar-refractivity contribution in [3.63, 3.8) is 0 Å². The zero-order chi connectivity index (χ0) is 16.9. The van der Waals surface area contributed by atoms with Crippen LogP contribution in [0.4, 0.5) is 15.8 Å². The Bertz CT molecular complexity index is 691. The summed E-state index contributed by atoms with van der Waals surface area (Å²) in [5.41, 5.74) is 9.36. The molecule has 126 valence electrons. The molecule has 1 heterocycles. The van der Waals surface area contributed by atoms with E-state index < -0.39 is 0 Å². The standard InChI is InChI=1S/C19H23FN4/c20-16-3-1-14(2-4-16)13-24-9-7-17(8-10-24)23-18-5-6-19(22)15(11-18)12-21/h1-6,11-12,17,21,23H,7-10,13,22H2. The second-order valence-electron chi connectivity index (χ2n) is 6.31. The van der Waals surface area contributed by atoms with Crippen LogP contribution in [0.3, 0.4) is 0 Å².